The van der Waals surface area contributed by atoms with Gasteiger partial charge in [-0.3, -0.25) is 0 Å². The maximum atomic E-state index is 13.4. The Labute approximate surface area is 240 Å². The Morgan fingerprint density at radius 3 is 2.22 bits per heavy atom. The van der Waals surface area contributed by atoms with E-state index in [2.05, 4.69) is 19.1 Å². The molecule has 3 aliphatic rings. The Morgan fingerprint density at radius 1 is 0.976 bits per heavy atom. The average Bonchev–Trinajstić information content (AvgIpc) is 3.17. The fourth-order valence-electron chi connectivity index (χ4n) is 7.90. The summed E-state index contributed by atoms with van der Waals surface area (Å²) in [6.07, 6.45) is 1.97. The summed E-state index contributed by atoms with van der Waals surface area (Å²) in [4.78, 5) is 0. The monoisotopic (exact) mass is 594 g/mol. The maximum Gasteiger partial charge on any atom is 0.430 e. The fourth-order valence-corrected chi connectivity index (χ4v) is 7.90. The molecule has 236 valence electrons. The molecule has 0 radical (unpaired) electrons. The van der Waals surface area contributed by atoms with E-state index in [1.807, 2.05) is 0 Å². The van der Waals surface area contributed by atoms with Gasteiger partial charge in [0.05, 0.1) is 11.7 Å². The Bertz CT molecular complexity index is 973. The molecule has 9 heteroatoms. The van der Waals surface area contributed by atoms with Gasteiger partial charge in [-0.15, -0.1) is 0 Å². The lowest BCUT2D eigenvalue weighted by Gasteiger charge is -2.45. The fraction of sp³-hybridized carbons (Fsp3) is 0.812. The molecule has 0 aromatic rings. The van der Waals surface area contributed by atoms with Crippen LogP contribution in [0.2, 0.25) is 0 Å². The van der Waals surface area contributed by atoms with Crippen LogP contribution in [0, 0.1) is 23.2 Å². The highest BCUT2D eigenvalue weighted by Gasteiger charge is 2.69. The average molecular weight is 595 g/mol. The molecule has 0 spiro atoms. The smallest absolute Gasteiger partial charge is 0.393 e. The lowest BCUT2D eigenvalue weighted by molar-refractivity contribution is -0.348. The Hall–Kier alpha value is -1.32. The lowest BCUT2D eigenvalue weighted by Crippen LogP contribution is -2.55. The quantitative estimate of drug-likeness (QED) is 0.185. The van der Waals surface area contributed by atoms with Crippen molar-refractivity contribution in [2.45, 2.75) is 141 Å². The molecule has 0 heterocycles. The van der Waals surface area contributed by atoms with Gasteiger partial charge >= 0.3 is 12.4 Å². The molecule has 3 aliphatic carbocycles. The number of alkyl halides is 6. The number of aliphatic hydroxyl groups excluding tert-OH is 1. The van der Waals surface area contributed by atoms with E-state index in [0.29, 0.717) is 25.7 Å². The van der Waals surface area contributed by atoms with Crippen LogP contribution >= 0.6 is 0 Å². The third-order valence-electron chi connectivity index (χ3n) is 9.94. The summed E-state index contributed by atoms with van der Waals surface area (Å²) < 4.78 is 80.5. The van der Waals surface area contributed by atoms with Crippen molar-refractivity contribution >= 4 is 0 Å². The summed E-state index contributed by atoms with van der Waals surface area (Å²) in [6.45, 7) is 6.84. The third kappa shape index (κ3) is 8.20. The van der Waals surface area contributed by atoms with E-state index in [9.17, 15) is 41.7 Å². The van der Waals surface area contributed by atoms with Crippen LogP contribution in [0.15, 0.2) is 34.9 Å². The predicted molar refractivity (Wildman–Crippen MR) is 148 cm³/mol. The molecule has 0 saturated heterocycles. The third-order valence-corrected chi connectivity index (χ3v) is 9.94. The molecule has 5 atom stereocenters. The zero-order chi connectivity index (χ0) is 30.9. The second-order valence-electron chi connectivity index (χ2n) is 13.8. The molecule has 0 bridgehead atoms. The van der Waals surface area contributed by atoms with Gasteiger partial charge in [-0.05, 0) is 127 Å². The summed E-state index contributed by atoms with van der Waals surface area (Å²) in [5.41, 5.74) is -3.51. The van der Waals surface area contributed by atoms with E-state index in [1.54, 1.807) is 13.8 Å². The van der Waals surface area contributed by atoms with Gasteiger partial charge < -0.3 is 15.3 Å². The highest BCUT2D eigenvalue weighted by atomic mass is 19.4. The Kier molecular flexibility index (Phi) is 10.6. The molecule has 0 aliphatic heterocycles. The Morgan fingerprint density at radius 2 is 1.63 bits per heavy atom. The highest BCUT2D eigenvalue weighted by molar-refractivity contribution is 5.26. The van der Waals surface area contributed by atoms with E-state index in [0.717, 1.165) is 51.4 Å². The second-order valence-corrected chi connectivity index (χ2v) is 13.8. The van der Waals surface area contributed by atoms with Gasteiger partial charge in [-0.2, -0.15) is 26.3 Å². The van der Waals surface area contributed by atoms with Crippen LogP contribution in [0.4, 0.5) is 26.3 Å². The molecular formula is C32H48F6O3. The molecule has 0 amide bonds. The van der Waals surface area contributed by atoms with Crippen molar-refractivity contribution in [2.75, 3.05) is 0 Å². The van der Waals surface area contributed by atoms with Crippen molar-refractivity contribution in [2.24, 2.45) is 23.2 Å². The van der Waals surface area contributed by atoms with Crippen LogP contribution in [0.1, 0.15) is 111 Å². The minimum atomic E-state index is -5.89. The van der Waals surface area contributed by atoms with Gasteiger partial charge in [0, 0.05) is 0 Å². The van der Waals surface area contributed by atoms with Crippen molar-refractivity contribution in [3.8, 4) is 0 Å². The summed E-state index contributed by atoms with van der Waals surface area (Å²) in [6, 6.07) is 0. The zero-order valence-electron chi connectivity index (χ0n) is 24.8. The van der Waals surface area contributed by atoms with Crippen LogP contribution in [-0.4, -0.2) is 45.0 Å². The minimum Gasteiger partial charge on any atom is -0.393 e. The summed E-state index contributed by atoms with van der Waals surface area (Å²) in [7, 11) is 0. The second kappa shape index (κ2) is 12.7. The molecular weight excluding hydrogens is 546 g/mol. The van der Waals surface area contributed by atoms with Gasteiger partial charge in [0.1, 0.15) is 0 Å². The Balaban J connectivity index is 1.89. The summed E-state index contributed by atoms with van der Waals surface area (Å²) in [5.74, 6) is 0.200. The van der Waals surface area contributed by atoms with Crippen molar-refractivity contribution in [1.29, 1.82) is 0 Å². The number of hydrogen-bond donors (Lipinski definition) is 3. The first-order chi connectivity index (χ1) is 18.8. The summed E-state index contributed by atoms with van der Waals surface area (Å²) in [5, 5.41) is 30.1. The summed E-state index contributed by atoms with van der Waals surface area (Å²) >= 11 is 0. The lowest BCUT2D eigenvalue weighted by atomic mass is 9.59. The van der Waals surface area contributed by atoms with Crippen LogP contribution in [0.3, 0.4) is 0 Å². The highest BCUT2D eigenvalue weighted by Crippen LogP contribution is 2.61. The van der Waals surface area contributed by atoms with Crippen molar-refractivity contribution < 1.29 is 41.7 Å². The zero-order valence-corrected chi connectivity index (χ0v) is 24.8. The van der Waals surface area contributed by atoms with Crippen molar-refractivity contribution in [1.82, 2.24) is 0 Å². The van der Waals surface area contributed by atoms with E-state index in [1.165, 1.54) is 18.1 Å². The maximum absolute atomic E-state index is 13.4. The molecule has 0 aromatic carbocycles. The van der Waals surface area contributed by atoms with Crippen LogP contribution in [-0.2, 0) is 0 Å². The molecule has 3 rings (SSSR count). The molecule has 2 unspecified atom stereocenters. The van der Waals surface area contributed by atoms with Gasteiger partial charge in [0.15, 0.2) is 0 Å². The molecule has 3 fully saturated rings. The van der Waals surface area contributed by atoms with Crippen molar-refractivity contribution in [3.05, 3.63) is 34.9 Å². The van der Waals surface area contributed by atoms with E-state index in [4.69, 9.17) is 0 Å². The van der Waals surface area contributed by atoms with Gasteiger partial charge in [0.25, 0.3) is 5.60 Å². The predicted octanol–water partition coefficient (Wildman–Crippen LogP) is 8.74. The largest absolute Gasteiger partial charge is 0.430 e. The van der Waals surface area contributed by atoms with Gasteiger partial charge in [-0.25, -0.2) is 0 Å². The number of halogens is 6. The van der Waals surface area contributed by atoms with Gasteiger partial charge in [-0.1, -0.05) is 42.2 Å². The first-order valence-corrected chi connectivity index (χ1v) is 15.1. The SMILES string of the molecule is C/C(=C\C(O)(C(F)(F)F)C(F)(F)F)C[C@@H](CCCC(C)(C)O)C1CCC2/C(=C/C=C3/CCC[C@H](O)C3)CCC[C@@]21C. The minimum absolute atomic E-state index is 0.0221. The normalized spacial score (nSPS) is 31.5. The van der Waals surface area contributed by atoms with Gasteiger partial charge in [0.2, 0.25) is 0 Å². The number of hydrogen-bond acceptors (Lipinski definition) is 3. The number of fused-ring (bicyclic) bond motifs is 1. The number of rotatable bonds is 9. The molecule has 3 saturated carbocycles. The molecule has 3 N–H and O–H groups in total. The van der Waals surface area contributed by atoms with E-state index in [-0.39, 0.29) is 47.3 Å². The first-order valence-electron chi connectivity index (χ1n) is 15.1. The topological polar surface area (TPSA) is 60.7 Å². The first kappa shape index (κ1) is 34.2. The van der Waals surface area contributed by atoms with Crippen molar-refractivity contribution in [3.63, 3.8) is 0 Å². The number of allylic oxidation sites excluding steroid dienone is 4. The standard InChI is InChI=1S/C32H48F6O3/c1-21(20-30(41,31(33,34)35)32(36,37)38)18-24(10-6-16-28(2,3)40)27-15-14-26-23(9-7-17-29(26,27)4)13-12-22-8-5-11-25(39)19-22/h12-13,20,24-27,39-41H,5-11,14-19H2,1-4H3/b21-20+,22-12-,23-13+/t24-,25+,26?,27?,29+/m1/s1. The van der Waals surface area contributed by atoms with E-state index >= 15 is 0 Å². The van der Waals surface area contributed by atoms with Crippen LogP contribution < -0.4 is 0 Å². The van der Waals surface area contributed by atoms with E-state index < -0.39 is 23.6 Å². The molecule has 41 heavy (non-hydrogen) atoms. The molecule has 0 aromatic heterocycles. The molecule has 3 nitrogen and oxygen atoms in total. The van der Waals surface area contributed by atoms with Crippen LogP contribution in [0.25, 0.3) is 0 Å². The van der Waals surface area contributed by atoms with Crippen LogP contribution in [0.5, 0.6) is 0 Å². The number of aliphatic hydroxyl groups is 3.